The van der Waals surface area contributed by atoms with Crippen molar-refractivity contribution in [1.82, 2.24) is 9.88 Å². The van der Waals surface area contributed by atoms with Crippen molar-refractivity contribution in [3.05, 3.63) is 54.2 Å². The van der Waals surface area contributed by atoms with Gasteiger partial charge in [-0.25, -0.2) is 9.78 Å². The number of amides is 1. The third kappa shape index (κ3) is 3.77. The quantitative estimate of drug-likeness (QED) is 0.881. The van der Waals surface area contributed by atoms with E-state index in [0.717, 1.165) is 0 Å². The van der Waals surface area contributed by atoms with Gasteiger partial charge in [-0.15, -0.1) is 0 Å². The van der Waals surface area contributed by atoms with Gasteiger partial charge in [0, 0.05) is 38.2 Å². The maximum atomic E-state index is 12.5. The summed E-state index contributed by atoms with van der Waals surface area (Å²) in [5.74, 6) is -0.463. The highest BCUT2D eigenvalue weighted by molar-refractivity contribution is 5.94. The Kier molecular flexibility index (Phi) is 4.67. The number of aliphatic hydroxyl groups is 1. The number of carboxylic acid groups (broad SMARTS) is 1. The van der Waals surface area contributed by atoms with E-state index in [2.05, 4.69) is 4.98 Å². The van der Waals surface area contributed by atoms with E-state index < -0.39 is 11.6 Å². The molecule has 2 heterocycles. The Morgan fingerprint density at radius 3 is 2.32 bits per heavy atom. The highest BCUT2D eigenvalue weighted by atomic mass is 16.5. The first-order chi connectivity index (χ1) is 12.0. The van der Waals surface area contributed by atoms with Crippen molar-refractivity contribution in [2.24, 2.45) is 0 Å². The first-order valence-electron chi connectivity index (χ1n) is 7.92. The van der Waals surface area contributed by atoms with E-state index in [-0.39, 0.29) is 31.8 Å². The van der Waals surface area contributed by atoms with Crippen molar-refractivity contribution in [3.8, 4) is 11.6 Å². The summed E-state index contributed by atoms with van der Waals surface area (Å²) in [6, 6.07) is 12.4. The molecule has 1 aromatic carbocycles. The Labute approximate surface area is 144 Å². The summed E-state index contributed by atoms with van der Waals surface area (Å²) >= 11 is 0. The first-order valence-corrected chi connectivity index (χ1v) is 7.92. The van der Waals surface area contributed by atoms with E-state index in [1.165, 1.54) is 11.1 Å². The molecule has 1 aliphatic heterocycles. The van der Waals surface area contributed by atoms with Gasteiger partial charge in [0.1, 0.15) is 5.75 Å². The molecule has 25 heavy (non-hydrogen) atoms. The van der Waals surface area contributed by atoms with E-state index in [0.29, 0.717) is 17.2 Å². The van der Waals surface area contributed by atoms with Gasteiger partial charge in [0.2, 0.25) is 5.88 Å². The van der Waals surface area contributed by atoms with Crippen LogP contribution in [0.5, 0.6) is 11.6 Å². The molecule has 2 N–H and O–H groups in total. The molecule has 2 aromatic rings. The predicted octanol–water partition coefficient (Wildman–Crippen LogP) is 1.93. The number of nitrogens with zero attached hydrogens (tertiary/aromatic N) is 2. The summed E-state index contributed by atoms with van der Waals surface area (Å²) in [5.41, 5.74) is -1.36. The second-order valence-corrected chi connectivity index (χ2v) is 5.93. The van der Waals surface area contributed by atoms with Crippen molar-refractivity contribution < 1.29 is 24.5 Å². The number of rotatable bonds is 4. The fourth-order valence-corrected chi connectivity index (χ4v) is 2.65. The number of carboxylic acids is 1. The van der Waals surface area contributed by atoms with Crippen LogP contribution in [0.3, 0.4) is 0 Å². The molecule has 3 rings (SSSR count). The van der Waals surface area contributed by atoms with E-state index in [4.69, 9.17) is 9.84 Å². The standard InChI is InChI=1S/C18H18N2O5/c21-16(20-10-8-18(24,9-11-20)17(22)23)13-6-7-15(19-12-13)25-14-4-2-1-3-5-14/h1-7,12,24H,8-11H2,(H,22,23). The number of carbonyl (C=O) groups is 2. The molecule has 7 nitrogen and oxygen atoms in total. The number of ether oxygens (including phenoxy) is 1. The van der Waals surface area contributed by atoms with Gasteiger partial charge in [-0.2, -0.15) is 0 Å². The molecular formula is C18H18N2O5. The number of aromatic nitrogens is 1. The predicted molar refractivity (Wildman–Crippen MR) is 88.5 cm³/mol. The summed E-state index contributed by atoms with van der Waals surface area (Å²) in [4.78, 5) is 29.2. The highest BCUT2D eigenvalue weighted by Gasteiger charge is 2.40. The molecule has 0 saturated carbocycles. The Balaban J connectivity index is 1.63. The fraction of sp³-hybridized carbons (Fsp3) is 0.278. The second-order valence-electron chi connectivity index (χ2n) is 5.93. The average molecular weight is 342 g/mol. The summed E-state index contributed by atoms with van der Waals surface area (Å²) in [5, 5.41) is 18.9. The van der Waals surface area contributed by atoms with Crippen LogP contribution < -0.4 is 4.74 Å². The number of para-hydroxylation sites is 1. The minimum atomic E-state index is -1.75. The molecule has 0 atom stereocenters. The molecule has 1 aromatic heterocycles. The molecule has 0 bridgehead atoms. The van der Waals surface area contributed by atoms with Crippen LogP contribution in [0.4, 0.5) is 0 Å². The van der Waals surface area contributed by atoms with E-state index >= 15 is 0 Å². The molecule has 0 unspecified atom stereocenters. The van der Waals surface area contributed by atoms with Gasteiger partial charge in [0.25, 0.3) is 5.91 Å². The van der Waals surface area contributed by atoms with Gasteiger partial charge in [-0.3, -0.25) is 4.79 Å². The summed E-state index contributed by atoms with van der Waals surface area (Å²) in [6.45, 7) is 0.369. The van der Waals surface area contributed by atoms with Gasteiger partial charge in [0.15, 0.2) is 5.60 Å². The molecular weight excluding hydrogens is 324 g/mol. The van der Waals surface area contributed by atoms with E-state index in [1.807, 2.05) is 18.2 Å². The first kappa shape index (κ1) is 16.9. The Bertz CT molecular complexity index is 753. The number of hydrogen-bond acceptors (Lipinski definition) is 5. The number of likely N-dealkylation sites (tertiary alicyclic amines) is 1. The van der Waals surface area contributed by atoms with E-state index in [9.17, 15) is 14.7 Å². The molecule has 1 fully saturated rings. The summed E-state index contributed by atoms with van der Waals surface area (Å²) in [6.07, 6.45) is 1.45. The van der Waals surface area contributed by atoms with Gasteiger partial charge in [0.05, 0.1) is 5.56 Å². The van der Waals surface area contributed by atoms with Crippen molar-refractivity contribution in [2.45, 2.75) is 18.4 Å². The van der Waals surface area contributed by atoms with Gasteiger partial charge >= 0.3 is 5.97 Å². The Morgan fingerprint density at radius 2 is 1.76 bits per heavy atom. The van der Waals surface area contributed by atoms with Crippen LogP contribution in [0.2, 0.25) is 0 Å². The third-order valence-corrected chi connectivity index (χ3v) is 4.22. The van der Waals surface area contributed by atoms with Crippen LogP contribution in [0.15, 0.2) is 48.7 Å². The normalized spacial score (nSPS) is 16.3. The van der Waals surface area contributed by atoms with Crippen molar-refractivity contribution in [3.63, 3.8) is 0 Å². The molecule has 1 amide bonds. The van der Waals surface area contributed by atoms with Crippen molar-refractivity contribution >= 4 is 11.9 Å². The number of benzene rings is 1. The SMILES string of the molecule is O=C(c1ccc(Oc2ccccc2)nc1)N1CCC(O)(C(=O)O)CC1. The molecule has 7 heteroatoms. The zero-order chi connectivity index (χ0) is 17.9. The average Bonchev–Trinajstić information content (AvgIpc) is 2.63. The van der Waals surface area contributed by atoms with Crippen LogP contribution >= 0.6 is 0 Å². The minimum absolute atomic E-state index is 0.0106. The highest BCUT2D eigenvalue weighted by Crippen LogP contribution is 2.24. The Hall–Kier alpha value is -2.93. The molecule has 0 radical (unpaired) electrons. The van der Waals surface area contributed by atoms with Crippen molar-refractivity contribution in [2.75, 3.05) is 13.1 Å². The number of carbonyl (C=O) groups excluding carboxylic acids is 1. The molecule has 0 spiro atoms. The Morgan fingerprint density at radius 1 is 1.08 bits per heavy atom. The number of aliphatic carboxylic acids is 1. The maximum absolute atomic E-state index is 12.5. The van der Waals surface area contributed by atoms with Gasteiger partial charge < -0.3 is 19.8 Å². The van der Waals surface area contributed by atoms with Gasteiger partial charge in [-0.1, -0.05) is 18.2 Å². The summed E-state index contributed by atoms with van der Waals surface area (Å²) < 4.78 is 5.58. The second kappa shape index (κ2) is 6.90. The molecule has 130 valence electrons. The van der Waals surface area contributed by atoms with Gasteiger partial charge in [-0.05, 0) is 18.2 Å². The molecule has 0 aliphatic carbocycles. The lowest BCUT2D eigenvalue weighted by atomic mass is 9.91. The fourth-order valence-electron chi connectivity index (χ4n) is 2.65. The molecule has 1 aliphatic rings. The van der Waals surface area contributed by atoms with Crippen LogP contribution in [0, 0.1) is 0 Å². The van der Waals surface area contributed by atoms with Crippen LogP contribution in [0.25, 0.3) is 0 Å². The summed E-state index contributed by atoms with van der Waals surface area (Å²) in [7, 11) is 0. The number of pyridine rings is 1. The lowest BCUT2D eigenvalue weighted by Gasteiger charge is -2.35. The smallest absolute Gasteiger partial charge is 0.335 e. The topological polar surface area (TPSA) is 100.0 Å². The zero-order valence-electron chi connectivity index (χ0n) is 13.5. The monoisotopic (exact) mass is 342 g/mol. The van der Waals surface area contributed by atoms with E-state index in [1.54, 1.807) is 24.3 Å². The third-order valence-electron chi connectivity index (χ3n) is 4.22. The lowest BCUT2D eigenvalue weighted by molar-refractivity contribution is -0.162. The zero-order valence-corrected chi connectivity index (χ0v) is 13.5. The lowest BCUT2D eigenvalue weighted by Crippen LogP contribution is -2.50. The number of piperidine rings is 1. The van der Waals surface area contributed by atoms with Crippen LogP contribution in [-0.4, -0.2) is 50.7 Å². The number of hydrogen-bond donors (Lipinski definition) is 2. The molecule has 1 saturated heterocycles. The van der Waals surface area contributed by atoms with Crippen molar-refractivity contribution in [1.29, 1.82) is 0 Å². The van der Waals surface area contributed by atoms with Crippen LogP contribution in [0.1, 0.15) is 23.2 Å². The van der Waals surface area contributed by atoms with Crippen LogP contribution in [-0.2, 0) is 4.79 Å². The minimum Gasteiger partial charge on any atom is -0.479 e. The maximum Gasteiger partial charge on any atom is 0.335 e. The largest absolute Gasteiger partial charge is 0.479 e.